The van der Waals surface area contributed by atoms with Crippen LogP contribution >= 0.6 is 0 Å². The average Bonchev–Trinajstić information content (AvgIpc) is 2.41. The lowest BCUT2D eigenvalue weighted by Crippen LogP contribution is -2.60. The molecule has 1 amide bonds. The molecule has 1 aliphatic heterocycles. The number of H-pyrrole nitrogens is 1. The van der Waals surface area contributed by atoms with E-state index in [2.05, 4.69) is 4.98 Å². The minimum Gasteiger partial charge on any atom is -0.368 e. The summed E-state index contributed by atoms with van der Waals surface area (Å²) in [6.07, 6.45) is 0.953. The van der Waals surface area contributed by atoms with Crippen molar-refractivity contribution in [2.75, 3.05) is 13.1 Å². The van der Waals surface area contributed by atoms with Crippen LogP contribution in [-0.4, -0.2) is 40.8 Å². The summed E-state index contributed by atoms with van der Waals surface area (Å²) >= 11 is 0. The first-order valence-electron chi connectivity index (χ1n) is 6.78. The first-order valence-corrected chi connectivity index (χ1v) is 6.78. The van der Waals surface area contributed by atoms with E-state index in [9.17, 15) is 18.4 Å². The predicted octanol–water partition coefficient (Wildman–Crippen LogP) is 0.847. The number of pyridine rings is 1. The van der Waals surface area contributed by atoms with Gasteiger partial charge in [-0.1, -0.05) is 6.07 Å². The number of amides is 1. The number of rotatable bonds is 3. The summed E-state index contributed by atoms with van der Waals surface area (Å²) in [5.74, 6) is -3.47. The first-order chi connectivity index (χ1) is 9.67. The molecule has 0 radical (unpaired) electrons. The van der Waals surface area contributed by atoms with E-state index in [1.54, 1.807) is 11.8 Å². The van der Waals surface area contributed by atoms with Crippen LogP contribution in [0.2, 0.25) is 0 Å². The third-order valence-corrected chi connectivity index (χ3v) is 4.42. The zero-order chi connectivity index (χ0) is 15.8. The van der Waals surface area contributed by atoms with Gasteiger partial charge in [0.1, 0.15) is 0 Å². The Bertz CT molecular complexity index is 582. The van der Waals surface area contributed by atoms with E-state index >= 15 is 0 Å². The van der Waals surface area contributed by atoms with Crippen molar-refractivity contribution in [1.82, 2.24) is 9.88 Å². The third-order valence-electron chi connectivity index (χ3n) is 4.42. The Labute approximate surface area is 121 Å². The second kappa shape index (κ2) is 5.22. The third kappa shape index (κ3) is 2.70. The summed E-state index contributed by atoms with van der Waals surface area (Å²) < 4.78 is 28.9. The van der Waals surface area contributed by atoms with Crippen molar-refractivity contribution in [2.24, 2.45) is 5.73 Å². The summed E-state index contributed by atoms with van der Waals surface area (Å²) in [6, 6.07) is 2.03. The molecule has 2 heterocycles. The van der Waals surface area contributed by atoms with Gasteiger partial charge in [-0.2, -0.15) is 0 Å². The number of nitrogens with zero attached hydrogens (tertiary/aromatic N) is 1. The highest BCUT2D eigenvalue weighted by Crippen LogP contribution is 2.45. The van der Waals surface area contributed by atoms with Crippen LogP contribution in [0.25, 0.3) is 0 Å². The van der Waals surface area contributed by atoms with Crippen molar-refractivity contribution < 1.29 is 13.6 Å². The fourth-order valence-electron chi connectivity index (χ4n) is 2.73. The minimum atomic E-state index is -2.93. The van der Waals surface area contributed by atoms with Gasteiger partial charge in [-0.25, -0.2) is 8.78 Å². The van der Waals surface area contributed by atoms with E-state index in [4.69, 9.17) is 5.73 Å². The summed E-state index contributed by atoms with van der Waals surface area (Å²) in [6.45, 7) is 3.16. The van der Waals surface area contributed by atoms with Crippen LogP contribution in [0.3, 0.4) is 0 Å². The van der Waals surface area contributed by atoms with Gasteiger partial charge in [0.05, 0.1) is 11.5 Å². The highest BCUT2D eigenvalue weighted by atomic mass is 19.3. The van der Waals surface area contributed by atoms with Crippen LogP contribution in [-0.2, 0) is 10.2 Å². The van der Waals surface area contributed by atoms with E-state index in [0.717, 1.165) is 0 Å². The molecule has 0 saturated carbocycles. The topological polar surface area (TPSA) is 79.2 Å². The summed E-state index contributed by atoms with van der Waals surface area (Å²) in [7, 11) is 0. The molecule has 21 heavy (non-hydrogen) atoms. The molecule has 5 nitrogen and oxygen atoms in total. The van der Waals surface area contributed by atoms with Crippen molar-refractivity contribution in [3.05, 3.63) is 34.2 Å². The molecule has 1 aromatic rings. The summed E-state index contributed by atoms with van der Waals surface area (Å²) in [4.78, 5) is 26.5. The van der Waals surface area contributed by atoms with E-state index in [1.165, 1.54) is 25.3 Å². The monoisotopic (exact) mass is 299 g/mol. The van der Waals surface area contributed by atoms with E-state index in [1.807, 2.05) is 0 Å². The van der Waals surface area contributed by atoms with Crippen LogP contribution in [0, 0.1) is 0 Å². The van der Waals surface area contributed by atoms with E-state index < -0.39 is 23.3 Å². The fraction of sp³-hybridized carbons (Fsp3) is 0.571. The normalized spacial score (nSPS) is 27.2. The highest BCUT2D eigenvalue weighted by molar-refractivity contribution is 5.79. The Morgan fingerprint density at radius 1 is 1.48 bits per heavy atom. The number of likely N-dealkylation sites (tertiary alicyclic amines) is 1. The molecule has 0 aromatic carbocycles. The van der Waals surface area contributed by atoms with Gasteiger partial charge in [0.15, 0.2) is 0 Å². The number of primary amides is 1. The Hall–Kier alpha value is -1.76. The van der Waals surface area contributed by atoms with E-state index in [0.29, 0.717) is 5.56 Å². The molecular weight excluding hydrogens is 280 g/mol. The van der Waals surface area contributed by atoms with Crippen molar-refractivity contribution in [3.8, 4) is 0 Å². The molecule has 0 bridgehead atoms. The number of nitrogens with two attached hydrogens (primary N) is 1. The van der Waals surface area contributed by atoms with E-state index in [-0.39, 0.29) is 25.1 Å². The molecular formula is C14H19F2N3O2. The smallest absolute Gasteiger partial charge is 0.259 e. The number of carbonyl (C=O) groups is 1. The molecule has 3 N–H and O–H groups in total. The van der Waals surface area contributed by atoms with Gasteiger partial charge in [-0.3, -0.25) is 14.5 Å². The Morgan fingerprint density at radius 3 is 2.67 bits per heavy atom. The van der Waals surface area contributed by atoms with Crippen LogP contribution in [0.15, 0.2) is 23.1 Å². The summed E-state index contributed by atoms with van der Waals surface area (Å²) in [5, 5.41) is 0. The lowest BCUT2D eigenvalue weighted by molar-refractivity contribution is -0.138. The second-order valence-corrected chi connectivity index (χ2v) is 5.78. The van der Waals surface area contributed by atoms with Crippen molar-refractivity contribution in [2.45, 2.75) is 37.6 Å². The Balaban J connectivity index is 2.38. The van der Waals surface area contributed by atoms with Crippen LogP contribution in [0.4, 0.5) is 8.78 Å². The van der Waals surface area contributed by atoms with Crippen LogP contribution < -0.4 is 11.3 Å². The number of nitrogens with one attached hydrogen (secondary N) is 1. The molecule has 1 unspecified atom stereocenters. The number of halogens is 2. The van der Waals surface area contributed by atoms with Gasteiger partial charge in [0.2, 0.25) is 11.5 Å². The number of aromatic nitrogens is 1. The Morgan fingerprint density at radius 2 is 2.14 bits per heavy atom. The second-order valence-electron chi connectivity index (χ2n) is 5.78. The zero-order valence-corrected chi connectivity index (χ0v) is 12.0. The molecule has 0 aliphatic carbocycles. The van der Waals surface area contributed by atoms with Crippen molar-refractivity contribution in [1.29, 1.82) is 0 Å². The molecule has 1 fully saturated rings. The lowest BCUT2D eigenvalue weighted by atomic mass is 9.73. The van der Waals surface area contributed by atoms with Gasteiger partial charge in [-0.15, -0.1) is 0 Å². The molecule has 2 atom stereocenters. The quantitative estimate of drug-likeness (QED) is 0.868. The maximum Gasteiger partial charge on any atom is 0.259 e. The molecule has 0 spiro atoms. The molecule has 2 rings (SSSR count). The first kappa shape index (κ1) is 15.6. The van der Waals surface area contributed by atoms with Gasteiger partial charge >= 0.3 is 0 Å². The zero-order valence-electron chi connectivity index (χ0n) is 12.0. The molecule has 116 valence electrons. The lowest BCUT2D eigenvalue weighted by Gasteiger charge is -2.47. The predicted molar refractivity (Wildman–Crippen MR) is 74.2 cm³/mol. The summed E-state index contributed by atoms with van der Waals surface area (Å²) in [5.41, 5.74) is 3.78. The largest absolute Gasteiger partial charge is 0.368 e. The van der Waals surface area contributed by atoms with Gasteiger partial charge in [0.25, 0.3) is 5.92 Å². The van der Waals surface area contributed by atoms with Crippen LogP contribution in [0.1, 0.15) is 25.8 Å². The standard InChI is InChI=1S/C14H19F2N3O2/c1-9(12(17)21)19-6-5-14(15,16)13(2,8-19)10-3-4-11(20)18-7-10/h3-4,7,9H,5-6,8H2,1-2H3,(H2,17,21)(H,18,20)/t9?,13-/m1/s1. The highest BCUT2D eigenvalue weighted by Gasteiger charge is 2.55. The maximum absolute atomic E-state index is 14.4. The number of carbonyl (C=O) groups excluding carboxylic acids is 1. The van der Waals surface area contributed by atoms with Gasteiger partial charge in [-0.05, 0) is 19.4 Å². The fourth-order valence-corrected chi connectivity index (χ4v) is 2.73. The van der Waals surface area contributed by atoms with Gasteiger partial charge < -0.3 is 10.7 Å². The Kier molecular flexibility index (Phi) is 3.88. The number of aromatic amines is 1. The SMILES string of the molecule is CC(C(N)=O)N1CCC(F)(F)[C@@](C)(c2ccc(=O)[nH]c2)C1. The minimum absolute atomic E-state index is 0.00382. The number of hydrogen-bond acceptors (Lipinski definition) is 3. The molecule has 7 heteroatoms. The number of alkyl halides is 2. The molecule has 1 saturated heterocycles. The van der Waals surface area contributed by atoms with Crippen molar-refractivity contribution >= 4 is 5.91 Å². The molecule has 1 aromatic heterocycles. The van der Waals surface area contributed by atoms with Crippen molar-refractivity contribution in [3.63, 3.8) is 0 Å². The average molecular weight is 299 g/mol. The molecule has 1 aliphatic rings. The maximum atomic E-state index is 14.4. The number of piperidine rings is 1. The number of hydrogen-bond donors (Lipinski definition) is 2. The van der Waals surface area contributed by atoms with Crippen LogP contribution in [0.5, 0.6) is 0 Å². The van der Waals surface area contributed by atoms with Gasteiger partial charge in [0, 0.05) is 31.8 Å².